The predicted octanol–water partition coefficient (Wildman–Crippen LogP) is 8.60. The lowest BCUT2D eigenvalue weighted by atomic mass is 11.3. The summed E-state index contributed by atoms with van der Waals surface area (Å²) >= 11 is 0. The van der Waals surface area contributed by atoms with Gasteiger partial charge < -0.3 is 24.7 Å². The molecule has 0 heterocycles. The molecule has 2 atom stereocenters. The standard InChI is InChI=1S/C13H30O3Si4.C11H30O3Si4/c1-11-17(4,5)14-19(8,9)16-20(10,13-3)15-18(6,7)12-2;1-11-18(10,13-16(5,6)7)14-17(8,9)12-15(2,3)4/h11-13H,1-3H2,4-10H3;11H,1H2,2-10H3. The van der Waals surface area contributed by atoms with Crippen molar-refractivity contribution in [2.24, 2.45) is 0 Å². The molecule has 0 aliphatic carbocycles. The molecule has 0 saturated carbocycles. The molecule has 0 aromatic rings. The smallest absolute Gasteiger partial charge is 0.342 e. The Bertz CT molecular complexity index is 805. The van der Waals surface area contributed by atoms with Gasteiger partial charge >= 0.3 is 34.2 Å². The Morgan fingerprint density at radius 1 is 0.342 bits per heavy atom. The minimum atomic E-state index is -2.45. The van der Waals surface area contributed by atoms with Crippen LogP contribution in [0.2, 0.25) is 105 Å². The average Bonchev–Trinajstić information content (AvgIpc) is 2.62. The van der Waals surface area contributed by atoms with Gasteiger partial charge in [-0.25, -0.2) is 0 Å². The summed E-state index contributed by atoms with van der Waals surface area (Å²) in [7, 11) is -16.2. The molecular formula is C24H60O6Si8. The van der Waals surface area contributed by atoms with Gasteiger partial charge in [0.1, 0.15) is 0 Å². The summed E-state index contributed by atoms with van der Waals surface area (Å²) in [6.07, 6.45) is 0. The highest BCUT2D eigenvalue weighted by atomic mass is 28.5. The number of rotatable bonds is 16. The molecule has 0 aliphatic rings. The van der Waals surface area contributed by atoms with Crippen molar-refractivity contribution in [3.05, 3.63) is 49.1 Å². The minimum Gasteiger partial charge on any atom is -0.437 e. The summed E-state index contributed by atoms with van der Waals surface area (Å²) in [4.78, 5) is 0. The van der Waals surface area contributed by atoms with Crippen molar-refractivity contribution >= 4 is 67.5 Å². The Balaban J connectivity index is 0. The first-order valence-electron chi connectivity index (χ1n) is 13.2. The summed E-state index contributed by atoms with van der Waals surface area (Å²) < 4.78 is 37.6. The van der Waals surface area contributed by atoms with E-state index in [9.17, 15) is 0 Å². The second kappa shape index (κ2) is 14.6. The van der Waals surface area contributed by atoms with Crippen LogP contribution in [-0.4, -0.2) is 67.5 Å². The second-order valence-corrected chi connectivity index (χ2v) is 44.8. The van der Waals surface area contributed by atoms with E-state index in [2.05, 4.69) is 125 Å². The van der Waals surface area contributed by atoms with E-state index in [0.717, 1.165) is 0 Å². The lowest BCUT2D eigenvalue weighted by molar-refractivity contribution is 0.335. The van der Waals surface area contributed by atoms with E-state index in [1.807, 2.05) is 29.3 Å². The van der Waals surface area contributed by atoms with Crippen LogP contribution in [0.3, 0.4) is 0 Å². The normalized spacial score (nSPS) is 16.8. The fourth-order valence-corrected chi connectivity index (χ4v) is 35.8. The molecule has 0 aliphatic heterocycles. The molecule has 0 rings (SSSR count). The molecule has 0 aromatic heterocycles. The van der Waals surface area contributed by atoms with Gasteiger partial charge in [0.2, 0.25) is 0 Å². The molecule has 0 radical (unpaired) electrons. The van der Waals surface area contributed by atoms with E-state index >= 15 is 0 Å². The van der Waals surface area contributed by atoms with E-state index in [0.29, 0.717) is 0 Å². The van der Waals surface area contributed by atoms with Crippen molar-refractivity contribution in [2.45, 2.75) is 105 Å². The first-order valence-corrected chi connectivity index (χ1v) is 36.4. The molecule has 0 amide bonds. The zero-order valence-corrected chi connectivity index (χ0v) is 35.6. The van der Waals surface area contributed by atoms with Crippen LogP contribution < -0.4 is 0 Å². The largest absolute Gasteiger partial charge is 0.437 e. The third-order valence-electron chi connectivity index (χ3n) is 4.66. The van der Waals surface area contributed by atoms with Gasteiger partial charge in [0.15, 0.2) is 33.3 Å². The Kier molecular flexibility index (Phi) is 15.6. The molecule has 2 unspecified atom stereocenters. The zero-order valence-electron chi connectivity index (χ0n) is 27.6. The van der Waals surface area contributed by atoms with Crippen LogP contribution >= 0.6 is 0 Å². The van der Waals surface area contributed by atoms with E-state index < -0.39 is 67.5 Å². The van der Waals surface area contributed by atoms with E-state index in [-0.39, 0.29) is 0 Å². The van der Waals surface area contributed by atoms with Gasteiger partial charge in [-0.2, -0.15) is 0 Å². The molecule has 6 nitrogen and oxygen atoms in total. The van der Waals surface area contributed by atoms with E-state index in [4.69, 9.17) is 24.7 Å². The van der Waals surface area contributed by atoms with Gasteiger partial charge in [0.25, 0.3) is 0 Å². The van der Waals surface area contributed by atoms with Crippen molar-refractivity contribution in [3.63, 3.8) is 0 Å². The SMILES string of the molecule is C=C[Si](C)(C)O[Si](C)(C)O[Si](C)(C=C)O[Si](C)(C)C=C.C=C[Si](C)(O[Si](C)(C)C)O[Si](C)(C)O[Si](C)(C)C. The van der Waals surface area contributed by atoms with Crippen LogP contribution in [0, 0.1) is 0 Å². The summed E-state index contributed by atoms with van der Waals surface area (Å²) in [5.41, 5.74) is 7.57. The van der Waals surface area contributed by atoms with Crippen LogP contribution in [0.1, 0.15) is 0 Å². The second-order valence-electron chi connectivity index (χ2n) is 13.7. The van der Waals surface area contributed by atoms with E-state index in [1.165, 1.54) is 0 Å². The predicted molar refractivity (Wildman–Crippen MR) is 187 cm³/mol. The lowest BCUT2D eigenvalue weighted by Crippen LogP contribution is -2.56. The van der Waals surface area contributed by atoms with Crippen molar-refractivity contribution in [1.29, 1.82) is 0 Å². The quantitative estimate of drug-likeness (QED) is 0.154. The monoisotopic (exact) mass is 668 g/mol. The molecule has 0 aromatic carbocycles. The highest BCUT2D eigenvalue weighted by Crippen LogP contribution is 2.26. The van der Waals surface area contributed by atoms with Crippen molar-refractivity contribution in [2.75, 3.05) is 0 Å². The molecule has 224 valence electrons. The summed E-state index contributed by atoms with van der Waals surface area (Å²) in [6.45, 7) is 49.5. The van der Waals surface area contributed by atoms with Crippen LogP contribution in [-0.2, 0) is 24.7 Å². The Labute approximate surface area is 245 Å². The summed E-state index contributed by atoms with van der Waals surface area (Å²) in [5, 5.41) is 0. The maximum atomic E-state index is 6.34. The van der Waals surface area contributed by atoms with Gasteiger partial charge in [0, 0.05) is 0 Å². The number of hydrogen-bond donors (Lipinski definition) is 0. The van der Waals surface area contributed by atoms with Crippen LogP contribution in [0.4, 0.5) is 0 Å². The zero-order chi connectivity index (χ0) is 31.1. The summed E-state index contributed by atoms with van der Waals surface area (Å²) in [5.74, 6) is 0. The number of hydrogen-bond acceptors (Lipinski definition) is 6. The van der Waals surface area contributed by atoms with Crippen molar-refractivity contribution < 1.29 is 24.7 Å². The fourth-order valence-electron chi connectivity index (χ4n) is 3.81. The van der Waals surface area contributed by atoms with Crippen LogP contribution in [0.5, 0.6) is 0 Å². The minimum absolute atomic E-state index is 1.58. The van der Waals surface area contributed by atoms with Gasteiger partial charge in [0.05, 0.1) is 0 Å². The summed E-state index contributed by atoms with van der Waals surface area (Å²) in [6, 6.07) is 0. The average molecular weight is 669 g/mol. The highest BCUT2D eigenvalue weighted by molar-refractivity contribution is 6.93. The molecule has 0 spiro atoms. The van der Waals surface area contributed by atoms with Crippen molar-refractivity contribution in [3.8, 4) is 0 Å². The fraction of sp³-hybridized carbons (Fsp3) is 0.667. The van der Waals surface area contributed by atoms with Gasteiger partial charge in [-0.15, -0.1) is 26.3 Å². The van der Waals surface area contributed by atoms with Gasteiger partial charge in [-0.1, -0.05) is 22.8 Å². The lowest BCUT2D eigenvalue weighted by Gasteiger charge is -2.39. The first kappa shape index (κ1) is 40.6. The topological polar surface area (TPSA) is 55.4 Å². The molecule has 0 fully saturated rings. The van der Waals surface area contributed by atoms with Gasteiger partial charge in [-0.3, -0.25) is 0 Å². The molecule has 0 bridgehead atoms. The molecular weight excluding hydrogens is 609 g/mol. The maximum absolute atomic E-state index is 6.34. The molecule has 14 heteroatoms. The third-order valence-corrected chi connectivity index (χ3v) is 31.6. The van der Waals surface area contributed by atoms with E-state index in [1.54, 1.807) is 0 Å². The van der Waals surface area contributed by atoms with Gasteiger partial charge in [-0.05, 0) is 105 Å². The Hall–Kier alpha value is 0.455. The van der Waals surface area contributed by atoms with Crippen LogP contribution in [0.25, 0.3) is 0 Å². The molecule has 0 N–H and O–H groups in total. The highest BCUT2D eigenvalue weighted by Gasteiger charge is 2.44. The van der Waals surface area contributed by atoms with Crippen molar-refractivity contribution in [1.82, 2.24) is 0 Å². The first-order chi connectivity index (χ1) is 16.5. The third kappa shape index (κ3) is 19.5. The maximum Gasteiger partial charge on any atom is 0.342 e. The molecule has 0 saturated heterocycles. The Morgan fingerprint density at radius 3 is 0.921 bits per heavy atom. The molecule has 38 heavy (non-hydrogen) atoms. The Morgan fingerprint density at radius 2 is 0.632 bits per heavy atom. The van der Waals surface area contributed by atoms with Crippen LogP contribution in [0.15, 0.2) is 49.1 Å².